The molecule has 1 aromatic heterocycles. The Kier molecular flexibility index (Phi) is 3.84. The Labute approximate surface area is 124 Å². The van der Waals surface area contributed by atoms with E-state index >= 15 is 0 Å². The fraction of sp³-hybridized carbons (Fsp3) is 0.333. The molecule has 0 bridgehead atoms. The normalized spacial score (nSPS) is 15.3. The van der Waals surface area contributed by atoms with E-state index in [1.165, 1.54) is 17.3 Å². The molecule has 0 atom stereocenters. The molecule has 0 saturated carbocycles. The molecule has 21 heavy (non-hydrogen) atoms. The van der Waals surface area contributed by atoms with Crippen molar-refractivity contribution >= 4 is 10.0 Å². The minimum Gasteiger partial charge on any atom is -0.363 e. The maximum atomic E-state index is 12.4. The highest BCUT2D eigenvalue weighted by Gasteiger charge is 2.26. The molecule has 112 valence electrons. The lowest BCUT2D eigenvalue weighted by atomic mass is 10.1. The maximum absolute atomic E-state index is 12.4. The van der Waals surface area contributed by atoms with Crippen LogP contribution in [0.2, 0.25) is 0 Å². The van der Waals surface area contributed by atoms with Gasteiger partial charge in [0, 0.05) is 24.5 Å². The lowest BCUT2D eigenvalue weighted by Gasteiger charge is -2.11. The number of aromatic nitrogens is 1. The van der Waals surface area contributed by atoms with Crippen LogP contribution in [-0.2, 0) is 29.4 Å². The van der Waals surface area contributed by atoms with Crippen molar-refractivity contribution in [3.63, 3.8) is 0 Å². The number of sulfonamides is 1. The Bertz CT molecular complexity index is 712. The second-order valence-corrected chi connectivity index (χ2v) is 7.10. The van der Waals surface area contributed by atoms with E-state index in [-0.39, 0.29) is 6.04 Å². The van der Waals surface area contributed by atoms with Crippen molar-refractivity contribution in [3.05, 3.63) is 53.3 Å². The fourth-order valence-corrected chi connectivity index (χ4v) is 4.05. The first-order valence-electron chi connectivity index (χ1n) is 6.99. The highest BCUT2D eigenvalue weighted by atomic mass is 32.2. The zero-order valence-electron chi connectivity index (χ0n) is 11.9. The zero-order valence-corrected chi connectivity index (χ0v) is 12.7. The van der Waals surface area contributed by atoms with Crippen LogP contribution in [-0.4, -0.2) is 26.5 Å². The Morgan fingerprint density at radius 3 is 2.52 bits per heavy atom. The Morgan fingerprint density at radius 2 is 1.90 bits per heavy atom. The predicted molar refractivity (Wildman–Crippen MR) is 81.5 cm³/mol. The molecule has 0 aliphatic heterocycles. The first-order valence-corrected chi connectivity index (χ1v) is 8.48. The number of H-pyrrole nitrogens is 1. The minimum absolute atomic E-state index is 0.0601. The van der Waals surface area contributed by atoms with E-state index in [4.69, 9.17) is 0 Å². The Morgan fingerprint density at radius 1 is 1.24 bits per heavy atom. The van der Waals surface area contributed by atoms with Crippen LogP contribution in [0.1, 0.15) is 16.8 Å². The first-order chi connectivity index (χ1) is 10.1. The molecule has 1 aliphatic rings. The Balaban J connectivity index is 1.72. The van der Waals surface area contributed by atoms with Gasteiger partial charge in [-0.2, -0.15) is 0 Å². The van der Waals surface area contributed by atoms with Crippen molar-refractivity contribution < 1.29 is 8.42 Å². The van der Waals surface area contributed by atoms with Gasteiger partial charge in [-0.05, 0) is 37.1 Å². The van der Waals surface area contributed by atoms with E-state index in [0.717, 1.165) is 18.5 Å². The number of aromatic amines is 1. The van der Waals surface area contributed by atoms with E-state index in [1.807, 2.05) is 19.2 Å². The smallest absolute Gasteiger partial charge is 0.242 e. The molecule has 2 aromatic rings. The molecule has 0 spiro atoms. The summed E-state index contributed by atoms with van der Waals surface area (Å²) in [4.78, 5) is 3.27. The van der Waals surface area contributed by atoms with E-state index in [9.17, 15) is 8.42 Å². The summed E-state index contributed by atoms with van der Waals surface area (Å²) in [6.45, 7) is 0.615. The molecular formula is C15H19N3O2S. The van der Waals surface area contributed by atoms with E-state index in [1.54, 1.807) is 6.07 Å². The van der Waals surface area contributed by atoms with Gasteiger partial charge in [0.15, 0.2) is 0 Å². The highest BCUT2D eigenvalue weighted by Crippen LogP contribution is 2.23. The molecule has 5 nitrogen and oxygen atoms in total. The number of fused-ring (bicyclic) bond motifs is 1. The average molecular weight is 305 g/mol. The number of hydrogen-bond acceptors (Lipinski definition) is 3. The number of hydrogen-bond donors (Lipinski definition) is 3. The monoisotopic (exact) mass is 305 g/mol. The summed E-state index contributed by atoms with van der Waals surface area (Å²) in [6.07, 6.45) is 3.05. The van der Waals surface area contributed by atoms with Gasteiger partial charge in [0.2, 0.25) is 10.0 Å². The van der Waals surface area contributed by atoms with Gasteiger partial charge in [-0.15, -0.1) is 0 Å². The molecule has 3 rings (SSSR count). The second kappa shape index (κ2) is 5.63. The van der Waals surface area contributed by atoms with Crippen LogP contribution >= 0.6 is 0 Å². The third-order valence-corrected chi connectivity index (χ3v) is 5.27. The maximum Gasteiger partial charge on any atom is 0.242 e. The summed E-state index contributed by atoms with van der Waals surface area (Å²) in [6, 6.07) is 9.71. The lowest BCUT2D eigenvalue weighted by Crippen LogP contribution is -2.35. The third-order valence-electron chi connectivity index (χ3n) is 3.77. The van der Waals surface area contributed by atoms with Crippen LogP contribution in [0.4, 0.5) is 0 Å². The summed E-state index contributed by atoms with van der Waals surface area (Å²) in [5, 5.41) is 2.99. The van der Waals surface area contributed by atoms with Crippen LogP contribution in [0, 0.1) is 0 Å². The molecule has 1 aromatic carbocycles. The third kappa shape index (κ3) is 3.02. The zero-order chi connectivity index (χ0) is 14.9. The van der Waals surface area contributed by atoms with Crippen molar-refractivity contribution in [2.24, 2.45) is 0 Å². The van der Waals surface area contributed by atoms with Crippen LogP contribution in [0.3, 0.4) is 0 Å². The van der Waals surface area contributed by atoms with Gasteiger partial charge in [0.1, 0.15) is 0 Å². The van der Waals surface area contributed by atoms with E-state index < -0.39 is 10.0 Å². The van der Waals surface area contributed by atoms with Crippen LogP contribution in [0.15, 0.2) is 41.4 Å². The topological polar surface area (TPSA) is 74.0 Å². The van der Waals surface area contributed by atoms with E-state index in [0.29, 0.717) is 11.4 Å². The molecule has 1 aliphatic carbocycles. The highest BCUT2D eigenvalue weighted by molar-refractivity contribution is 7.89. The van der Waals surface area contributed by atoms with Crippen molar-refractivity contribution in [2.45, 2.75) is 30.3 Å². The lowest BCUT2D eigenvalue weighted by molar-refractivity contribution is 0.556. The van der Waals surface area contributed by atoms with Crippen molar-refractivity contribution in [1.29, 1.82) is 0 Å². The number of nitrogens with one attached hydrogen (secondary N) is 3. The first kappa shape index (κ1) is 14.3. The van der Waals surface area contributed by atoms with Crippen LogP contribution in [0.5, 0.6) is 0 Å². The van der Waals surface area contributed by atoms with Crippen LogP contribution < -0.4 is 10.0 Å². The van der Waals surface area contributed by atoms with E-state index in [2.05, 4.69) is 27.2 Å². The standard InChI is InChI=1S/C15H19N3O2S/c1-16-9-14-8-15(10-17-14)21(19,20)18-13-6-11-4-2-3-5-12(11)7-13/h2-5,8,10,13,16-18H,6-7,9H2,1H3. The average Bonchev–Trinajstić information content (AvgIpc) is 3.04. The van der Waals surface area contributed by atoms with Gasteiger partial charge in [0.05, 0.1) is 4.90 Å². The molecule has 1 heterocycles. The predicted octanol–water partition coefficient (Wildman–Crippen LogP) is 1.18. The van der Waals surface area contributed by atoms with Crippen LogP contribution in [0.25, 0.3) is 0 Å². The molecule has 0 saturated heterocycles. The molecule has 6 heteroatoms. The largest absolute Gasteiger partial charge is 0.363 e. The van der Waals surface area contributed by atoms with Crippen molar-refractivity contribution in [1.82, 2.24) is 15.0 Å². The number of rotatable bonds is 5. The van der Waals surface area contributed by atoms with Gasteiger partial charge >= 0.3 is 0 Å². The molecule has 0 fully saturated rings. The van der Waals surface area contributed by atoms with Gasteiger partial charge in [-0.1, -0.05) is 24.3 Å². The number of benzene rings is 1. The van der Waals surface area contributed by atoms with Gasteiger partial charge in [-0.3, -0.25) is 0 Å². The second-order valence-electron chi connectivity index (χ2n) is 5.39. The summed E-state index contributed by atoms with van der Waals surface area (Å²) < 4.78 is 27.6. The quantitative estimate of drug-likeness (QED) is 0.776. The molecule has 0 radical (unpaired) electrons. The van der Waals surface area contributed by atoms with Gasteiger partial charge in [-0.25, -0.2) is 13.1 Å². The summed E-state index contributed by atoms with van der Waals surface area (Å²) in [5.74, 6) is 0. The Hall–Kier alpha value is -1.63. The molecule has 0 amide bonds. The SMILES string of the molecule is CNCc1cc(S(=O)(=O)NC2Cc3ccccc3C2)c[nH]1. The molecular weight excluding hydrogens is 286 g/mol. The van der Waals surface area contributed by atoms with Gasteiger partial charge < -0.3 is 10.3 Å². The summed E-state index contributed by atoms with van der Waals surface area (Å²) in [7, 11) is -1.65. The van der Waals surface area contributed by atoms with Crippen molar-refractivity contribution in [2.75, 3.05) is 7.05 Å². The minimum atomic E-state index is -3.47. The summed E-state index contributed by atoms with van der Waals surface area (Å²) in [5.41, 5.74) is 3.32. The summed E-state index contributed by atoms with van der Waals surface area (Å²) >= 11 is 0. The fourth-order valence-electron chi connectivity index (χ4n) is 2.80. The molecule has 0 unspecified atom stereocenters. The van der Waals surface area contributed by atoms with Crippen molar-refractivity contribution in [3.8, 4) is 0 Å². The van der Waals surface area contributed by atoms with Gasteiger partial charge in [0.25, 0.3) is 0 Å². The molecule has 3 N–H and O–H groups in total.